The Morgan fingerprint density at radius 3 is 2.50 bits per heavy atom. The molecule has 0 aliphatic heterocycles. The summed E-state index contributed by atoms with van der Waals surface area (Å²) in [4.78, 5) is 0. The molecular formula is C14H25NO3S2. The van der Waals surface area contributed by atoms with E-state index >= 15 is 0 Å². The molecule has 0 spiro atoms. The van der Waals surface area contributed by atoms with Crippen molar-refractivity contribution in [2.24, 2.45) is 11.1 Å². The first-order valence-corrected chi connectivity index (χ1v) is 9.87. The third-order valence-electron chi connectivity index (χ3n) is 3.87. The lowest BCUT2D eigenvalue weighted by atomic mass is 9.85. The second-order valence-corrected chi connectivity index (χ2v) is 9.79. The van der Waals surface area contributed by atoms with E-state index in [9.17, 15) is 12.6 Å². The second kappa shape index (κ2) is 7.00. The fourth-order valence-corrected chi connectivity index (χ4v) is 4.14. The molecule has 20 heavy (non-hydrogen) atoms. The van der Waals surface area contributed by atoms with Gasteiger partial charge >= 0.3 is 0 Å². The third-order valence-corrected chi connectivity index (χ3v) is 7.27. The highest BCUT2D eigenvalue weighted by atomic mass is 32.2. The molecule has 0 heterocycles. The lowest BCUT2D eigenvalue weighted by molar-refractivity contribution is 0.453. The summed E-state index contributed by atoms with van der Waals surface area (Å²) in [5.41, 5.74) is 0. The molecule has 0 radical (unpaired) electrons. The monoisotopic (exact) mass is 319 g/mol. The molecule has 0 saturated carbocycles. The van der Waals surface area contributed by atoms with E-state index in [2.05, 4.69) is 0 Å². The SMILES string of the molecule is CC(C)S(=O)CCCCC1C=CC=C[C@@]1(C)S(N)(=O)=O. The third kappa shape index (κ3) is 4.27. The van der Waals surface area contributed by atoms with Crippen LogP contribution in [-0.2, 0) is 20.8 Å². The highest BCUT2D eigenvalue weighted by molar-refractivity contribution is 7.90. The summed E-state index contributed by atoms with van der Waals surface area (Å²) >= 11 is 0. The van der Waals surface area contributed by atoms with Gasteiger partial charge in [0.25, 0.3) is 0 Å². The fraction of sp³-hybridized carbons (Fsp3) is 0.714. The van der Waals surface area contributed by atoms with Gasteiger partial charge in [-0.15, -0.1) is 0 Å². The van der Waals surface area contributed by atoms with Crippen LogP contribution in [0.2, 0.25) is 0 Å². The average molecular weight is 319 g/mol. The number of primary sulfonamides is 1. The number of sulfonamides is 1. The quantitative estimate of drug-likeness (QED) is 0.730. The van der Waals surface area contributed by atoms with Crippen LogP contribution in [0.3, 0.4) is 0 Å². The molecule has 0 bridgehead atoms. The summed E-state index contributed by atoms with van der Waals surface area (Å²) in [7, 11) is -4.43. The Kier molecular flexibility index (Phi) is 6.16. The van der Waals surface area contributed by atoms with Crippen molar-refractivity contribution in [2.75, 3.05) is 5.75 Å². The first-order valence-electron chi connectivity index (χ1n) is 6.94. The second-order valence-electron chi connectivity index (χ2n) is 5.71. The minimum Gasteiger partial charge on any atom is -0.259 e. The van der Waals surface area contributed by atoms with Crippen molar-refractivity contribution in [2.45, 2.75) is 50.0 Å². The number of unbranched alkanes of at least 4 members (excludes halogenated alkanes) is 1. The van der Waals surface area contributed by atoms with Gasteiger partial charge in [0.1, 0.15) is 4.75 Å². The van der Waals surface area contributed by atoms with E-state index in [1.54, 1.807) is 19.1 Å². The van der Waals surface area contributed by atoms with E-state index < -0.39 is 25.6 Å². The highest BCUT2D eigenvalue weighted by Crippen LogP contribution is 2.34. The number of rotatable bonds is 7. The molecule has 0 fully saturated rings. The van der Waals surface area contributed by atoms with Crippen LogP contribution in [0.5, 0.6) is 0 Å². The summed E-state index contributed by atoms with van der Waals surface area (Å²) in [6, 6.07) is 0. The van der Waals surface area contributed by atoms with Crippen molar-refractivity contribution >= 4 is 20.8 Å². The van der Waals surface area contributed by atoms with Gasteiger partial charge in [-0.2, -0.15) is 0 Å². The molecule has 116 valence electrons. The van der Waals surface area contributed by atoms with Crippen molar-refractivity contribution in [3.05, 3.63) is 24.3 Å². The van der Waals surface area contributed by atoms with E-state index in [1.807, 2.05) is 26.0 Å². The summed E-state index contributed by atoms with van der Waals surface area (Å²) in [6.07, 6.45) is 9.61. The van der Waals surface area contributed by atoms with Gasteiger partial charge in [0.2, 0.25) is 10.0 Å². The molecular weight excluding hydrogens is 294 g/mol. The number of hydrogen-bond acceptors (Lipinski definition) is 3. The molecule has 0 aromatic heterocycles. The standard InChI is InChI=1S/C14H25NO3S2/c1-12(2)19(16)11-7-5-9-13-8-4-6-10-14(13,3)20(15,17)18/h4,6,8,10,12-13H,5,7,9,11H2,1-3H3,(H2,15,17,18)/t13?,14-,19?/m1/s1. The molecule has 1 aliphatic rings. The van der Waals surface area contributed by atoms with Crippen molar-refractivity contribution in [1.29, 1.82) is 0 Å². The van der Waals surface area contributed by atoms with Gasteiger partial charge in [-0.05, 0) is 19.8 Å². The van der Waals surface area contributed by atoms with E-state index in [4.69, 9.17) is 5.14 Å². The minimum absolute atomic E-state index is 0.116. The number of hydrogen-bond donors (Lipinski definition) is 1. The van der Waals surface area contributed by atoms with Gasteiger partial charge in [-0.1, -0.05) is 44.6 Å². The maximum Gasteiger partial charge on any atom is 0.218 e. The molecule has 2 N–H and O–H groups in total. The molecule has 6 heteroatoms. The first-order chi connectivity index (χ1) is 9.18. The predicted molar refractivity (Wildman–Crippen MR) is 85.3 cm³/mol. The van der Waals surface area contributed by atoms with Gasteiger partial charge in [0.05, 0.1) is 0 Å². The van der Waals surface area contributed by atoms with Crippen molar-refractivity contribution in [1.82, 2.24) is 0 Å². The molecule has 0 amide bonds. The maximum absolute atomic E-state index is 11.8. The van der Waals surface area contributed by atoms with Gasteiger partial charge in [0.15, 0.2) is 0 Å². The fourth-order valence-electron chi connectivity index (χ4n) is 2.29. The van der Waals surface area contributed by atoms with Crippen LogP contribution in [0.4, 0.5) is 0 Å². The molecule has 0 aromatic carbocycles. The molecule has 1 aliphatic carbocycles. The van der Waals surface area contributed by atoms with Crippen LogP contribution in [0.1, 0.15) is 40.0 Å². The van der Waals surface area contributed by atoms with Gasteiger partial charge in [0, 0.05) is 27.7 Å². The largest absolute Gasteiger partial charge is 0.259 e. The maximum atomic E-state index is 11.8. The van der Waals surface area contributed by atoms with Crippen LogP contribution in [0, 0.1) is 5.92 Å². The molecule has 0 saturated heterocycles. The first kappa shape index (κ1) is 17.6. The summed E-state index contributed by atoms with van der Waals surface area (Å²) < 4.78 is 34.2. The van der Waals surface area contributed by atoms with Crippen LogP contribution < -0.4 is 5.14 Å². The van der Waals surface area contributed by atoms with E-state index in [-0.39, 0.29) is 11.2 Å². The minimum atomic E-state index is -3.64. The van der Waals surface area contributed by atoms with Crippen molar-refractivity contribution in [3.8, 4) is 0 Å². The van der Waals surface area contributed by atoms with Crippen molar-refractivity contribution in [3.63, 3.8) is 0 Å². The van der Waals surface area contributed by atoms with E-state index in [1.165, 1.54) is 0 Å². The van der Waals surface area contributed by atoms with E-state index in [0.29, 0.717) is 5.75 Å². The lowest BCUT2D eigenvalue weighted by Gasteiger charge is -2.33. The lowest BCUT2D eigenvalue weighted by Crippen LogP contribution is -2.45. The smallest absolute Gasteiger partial charge is 0.218 e. The molecule has 3 atom stereocenters. The Labute approximate surface area is 125 Å². The Hall–Kier alpha value is -0.460. The topological polar surface area (TPSA) is 77.2 Å². The van der Waals surface area contributed by atoms with Crippen LogP contribution in [-0.4, -0.2) is 28.4 Å². The van der Waals surface area contributed by atoms with Gasteiger partial charge < -0.3 is 0 Å². The average Bonchev–Trinajstić information content (AvgIpc) is 2.34. The van der Waals surface area contributed by atoms with E-state index in [0.717, 1.165) is 19.3 Å². The Balaban J connectivity index is 2.57. The normalized spacial score (nSPS) is 27.9. The van der Waals surface area contributed by atoms with Crippen LogP contribution in [0.25, 0.3) is 0 Å². The van der Waals surface area contributed by atoms with Gasteiger partial charge in [-0.25, -0.2) is 13.6 Å². The highest BCUT2D eigenvalue weighted by Gasteiger charge is 2.41. The van der Waals surface area contributed by atoms with Crippen LogP contribution in [0.15, 0.2) is 24.3 Å². The Morgan fingerprint density at radius 2 is 1.95 bits per heavy atom. The zero-order chi connectivity index (χ0) is 15.4. The molecule has 4 nitrogen and oxygen atoms in total. The van der Waals surface area contributed by atoms with Crippen molar-refractivity contribution < 1.29 is 12.6 Å². The summed E-state index contributed by atoms with van der Waals surface area (Å²) in [5.74, 6) is 0.561. The Bertz CT molecular complexity index is 509. The molecule has 2 unspecified atom stereocenters. The zero-order valence-corrected chi connectivity index (χ0v) is 14.0. The zero-order valence-electron chi connectivity index (χ0n) is 12.4. The molecule has 0 aromatic rings. The number of allylic oxidation sites excluding steroid dienone is 3. The Morgan fingerprint density at radius 1 is 1.30 bits per heavy atom. The molecule has 1 rings (SSSR count). The predicted octanol–water partition coefficient (Wildman–Crippen LogP) is 2.10. The number of nitrogens with two attached hydrogens (primary N) is 1. The van der Waals surface area contributed by atoms with Crippen LogP contribution >= 0.6 is 0 Å². The summed E-state index contributed by atoms with van der Waals surface area (Å²) in [6.45, 7) is 5.56. The summed E-state index contributed by atoms with van der Waals surface area (Å²) in [5, 5.41) is 5.55. The van der Waals surface area contributed by atoms with Gasteiger partial charge in [-0.3, -0.25) is 4.21 Å².